The Kier molecular flexibility index (Phi) is 4.51. The van der Waals surface area contributed by atoms with Crippen molar-refractivity contribution in [2.75, 3.05) is 7.11 Å². The quantitative estimate of drug-likeness (QED) is 0.936. The Hall–Kier alpha value is -2.82. The summed E-state index contributed by atoms with van der Waals surface area (Å²) in [5, 5.41) is 9.51. The predicted molar refractivity (Wildman–Crippen MR) is 88.8 cm³/mol. The molecule has 1 atom stereocenters. The number of carbonyl (C=O) groups is 2. The number of carboxylic acids is 1. The van der Waals surface area contributed by atoms with Crippen molar-refractivity contribution in [3.05, 3.63) is 65.2 Å². The maximum absolute atomic E-state index is 12.7. The zero-order valence-corrected chi connectivity index (χ0v) is 13.4. The fourth-order valence-electron chi connectivity index (χ4n) is 3.03. The number of methoxy groups -OCH3 is 1. The highest BCUT2D eigenvalue weighted by molar-refractivity contribution is 5.85. The first-order chi connectivity index (χ1) is 11.6. The summed E-state index contributed by atoms with van der Waals surface area (Å²) in [4.78, 5) is 25.7. The molecule has 2 aromatic carbocycles. The fraction of sp³-hybridized carbons (Fsp3) is 0.263. The number of nitrogens with zero attached hydrogens (tertiary/aromatic N) is 1. The third kappa shape index (κ3) is 3.25. The Morgan fingerprint density at radius 2 is 1.79 bits per heavy atom. The average molecular weight is 325 g/mol. The van der Waals surface area contributed by atoms with E-state index in [1.165, 1.54) is 4.90 Å². The third-order valence-electron chi connectivity index (χ3n) is 4.37. The number of amides is 1. The molecular weight excluding hydrogens is 306 g/mol. The molecule has 0 aliphatic carbocycles. The molecular formula is C19H19NO4. The first-order valence-corrected chi connectivity index (χ1v) is 7.80. The lowest BCUT2D eigenvalue weighted by molar-refractivity contribution is -0.151. The Morgan fingerprint density at radius 1 is 1.12 bits per heavy atom. The highest BCUT2D eigenvalue weighted by Gasteiger charge is 2.34. The van der Waals surface area contributed by atoms with Crippen LogP contribution in [0.4, 0.5) is 0 Å². The lowest BCUT2D eigenvalue weighted by Gasteiger charge is -2.34. The molecule has 0 radical (unpaired) electrons. The summed E-state index contributed by atoms with van der Waals surface area (Å²) in [6, 6.07) is 14.1. The van der Waals surface area contributed by atoms with Gasteiger partial charge in [0.15, 0.2) is 0 Å². The van der Waals surface area contributed by atoms with Crippen LogP contribution in [0.3, 0.4) is 0 Å². The van der Waals surface area contributed by atoms with Crippen molar-refractivity contribution in [2.24, 2.45) is 0 Å². The van der Waals surface area contributed by atoms with Gasteiger partial charge in [0.2, 0.25) is 5.91 Å². The molecule has 1 aliphatic rings. The van der Waals surface area contributed by atoms with Gasteiger partial charge in [-0.05, 0) is 28.8 Å². The number of hydrogen-bond acceptors (Lipinski definition) is 3. The van der Waals surface area contributed by atoms with Crippen LogP contribution in [0.1, 0.15) is 16.7 Å². The molecule has 5 heteroatoms. The molecule has 3 rings (SSSR count). The lowest BCUT2D eigenvalue weighted by atomic mass is 9.93. The topological polar surface area (TPSA) is 66.8 Å². The van der Waals surface area contributed by atoms with Gasteiger partial charge in [0, 0.05) is 13.0 Å². The summed E-state index contributed by atoms with van der Waals surface area (Å²) in [5.41, 5.74) is 2.85. The molecule has 0 fully saturated rings. The van der Waals surface area contributed by atoms with Gasteiger partial charge in [0.25, 0.3) is 0 Å². The minimum absolute atomic E-state index is 0.177. The number of hydrogen-bond donors (Lipinski definition) is 1. The molecule has 2 aromatic rings. The summed E-state index contributed by atoms with van der Waals surface area (Å²) >= 11 is 0. The van der Waals surface area contributed by atoms with Crippen LogP contribution in [-0.2, 0) is 29.0 Å². The molecule has 0 saturated carbocycles. The Bertz CT molecular complexity index is 754. The van der Waals surface area contributed by atoms with E-state index in [9.17, 15) is 14.7 Å². The molecule has 0 aromatic heterocycles. The lowest BCUT2D eigenvalue weighted by Crippen LogP contribution is -2.49. The van der Waals surface area contributed by atoms with Crippen LogP contribution < -0.4 is 4.74 Å². The number of carbonyl (C=O) groups excluding carboxylic acids is 1. The molecule has 1 aliphatic heterocycles. The van der Waals surface area contributed by atoms with E-state index in [1.807, 2.05) is 36.4 Å². The minimum atomic E-state index is -0.965. The molecule has 5 nitrogen and oxygen atoms in total. The molecule has 0 saturated heterocycles. The normalized spacial score (nSPS) is 16.4. The largest absolute Gasteiger partial charge is 0.497 e. The van der Waals surface area contributed by atoms with Gasteiger partial charge in [-0.1, -0.05) is 36.4 Å². The van der Waals surface area contributed by atoms with Gasteiger partial charge in [0.1, 0.15) is 11.8 Å². The van der Waals surface area contributed by atoms with E-state index in [1.54, 1.807) is 19.2 Å². The summed E-state index contributed by atoms with van der Waals surface area (Å²) in [6.45, 7) is 0.335. The first kappa shape index (κ1) is 16.1. The number of ether oxygens (including phenoxy) is 1. The van der Waals surface area contributed by atoms with Crippen LogP contribution in [0.15, 0.2) is 48.5 Å². The van der Waals surface area contributed by atoms with E-state index in [0.29, 0.717) is 13.0 Å². The van der Waals surface area contributed by atoms with Gasteiger partial charge in [-0.15, -0.1) is 0 Å². The Morgan fingerprint density at radius 3 is 2.42 bits per heavy atom. The van der Waals surface area contributed by atoms with Crippen LogP contribution >= 0.6 is 0 Å². The van der Waals surface area contributed by atoms with Crippen LogP contribution in [-0.4, -0.2) is 35.0 Å². The maximum atomic E-state index is 12.7. The number of benzene rings is 2. The molecule has 1 unspecified atom stereocenters. The second kappa shape index (κ2) is 6.74. The van der Waals surface area contributed by atoms with Gasteiger partial charge in [-0.2, -0.15) is 0 Å². The highest BCUT2D eigenvalue weighted by atomic mass is 16.5. The summed E-state index contributed by atoms with van der Waals surface area (Å²) < 4.78 is 5.10. The molecule has 1 amide bonds. The van der Waals surface area contributed by atoms with Gasteiger partial charge < -0.3 is 14.7 Å². The van der Waals surface area contributed by atoms with Crippen LogP contribution in [0, 0.1) is 0 Å². The van der Waals surface area contributed by atoms with E-state index in [0.717, 1.165) is 22.4 Å². The second-order valence-electron chi connectivity index (χ2n) is 5.87. The summed E-state index contributed by atoms with van der Waals surface area (Å²) in [7, 11) is 1.59. The number of rotatable bonds is 4. The van der Waals surface area contributed by atoms with Crippen molar-refractivity contribution in [1.82, 2.24) is 4.90 Å². The van der Waals surface area contributed by atoms with Crippen molar-refractivity contribution >= 4 is 11.9 Å². The molecule has 124 valence electrons. The number of fused-ring (bicyclic) bond motifs is 1. The maximum Gasteiger partial charge on any atom is 0.326 e. The van der Waals surface area contributed by atoms with Crippen LogP contribution in [0.5, 0.6) is 5.75 Å². The van der Waals surface area contributed by atoms with Gasteiger partial charge in [0.05, 0.1) is 13.5 Å². The van der Waals surface area contributed by atoms with Gasteiger partial charge >= 0.3 is 5.97 Å². The van der Waals surface area contributed by atoms with E-state index in [2.05, 4.69) is 0 Å². The second-order valence-corrected chi connectivity index (χ2v) is 5.87. The molecule has 1 heterocycles. The summed E-state index contributed by atoms with van der Waals surface area (Å²) in [6.07, 6.45) is 0.524. The predicted octanol–water partition coefficient (Wildman–Crippen LogP) is 2.28. The zero-order chi connectivity index (χ0) is 17.1. The van der Waals surface area contributed by atoms with Gasteiger partial charge in [-0.3, -0.25) is 4.79 Å². The standard InChI is InChI=1S/C19H19NO4/c1-24-16-8-6-13(7-9-16)10-18(21)20-12-15-5-3-2-4-14(15)11-17(20)19(22)23/h2-9,17H,10-12H2,1H3,(H,22,23). The van der Waals surface area contributed by atoms with Crippen molar-refractivity contribution < 1.29 is 19.4 Å². The molecule has 0 spiro atoms. The molecule has 1 N–H and O–H groups in total. The van der Waals surface area contributed by atoms with E-state index >= 15 is 0 Å². The van der Waals surface area contributed by atoms with Crippen molar-refractivity contribution in [2.45, 2.75) is 25.4 Å². The highest BCUT2D eigenvalue weighted by Crippen LogP contribution is 2.24. The SMILES string of the molecule is COc1ccc(CC(=O)N2Cc3ccccc3CC2C(=O)O)cc1. The van der Waals surface area contributed by atoms with Gasteiger partial charge in [-0.25, -0.2) is 4.79 Å². The molecule has 24 heavy (non-hydrogen) atoms. The minimum Gasteiger partial charge on any atom is -0.497 e. The van der Waals surface area contributed by atoms with Crippen LogP contribution in [0.25, 0.3) is 0 Å². The van der Waals surface area contributed by atoms with Crippen molar-refractivity contribution in [1.29, 1.82) is 0 Å². The van der Waals surface area contributed by atoms with E-state index in [4.69, 9.17) is 4.74 Å². The number of aliphatic carboxylic acids is 1. The average Bonchev–Trinajstić information content (AvgIpc) is 2.61. The van der Waals surface area contributed by atoms with Crippen molar-refractivity contribution in [3.8, 4) is 5.75 Å². The van der Waals surface area contributed by atoms with Crippen LogP contribution in [0.2, 0.25) is 0 Å². The Labute approximate surface area is 140 Å². The third-order valence-corrected chi connectivity index (χ3v) is 4.37. The number of carboxylic acid groups (broad SMARTS) is 1. The van der Waals surface area contributed by atoms with E-state index in [-0.39, 0.29) is 12.3 Å². The zero-order valence-electron chi connectivity index (χ0n) is 13.4. The monoisotopic (exact) mass is 325 g/mol. The summed E-state index contributed by atoms with van der Waals surface area (Å²) in [5.74, 6) is -0.420. The first-order valence-electron chi connectivity index (χ1n) is 7.80. The fourth-order valence-corrected chi connectivity index (χ4v) is 3.03. The smallest absolute Gasteiger partial charge is 0.326 e. The Balaban J connectivity index is 1.80. The molecule has 0 bridgehead atoms. The van der Waals surface area contributed by atoms with E-state index < -0.39 is 12.0 Å². The van der Waals surface area contributed by atoms with Crippen molar-refractivity contribution in [3.63, 3.8) is 0 Å².